The van der Waals surface area contributed by atoms with Gasteiger partial charge in [0.1, 0.15) is 0 Å². The first-order chi connectivity index (χ1) is 30.0. The number of benzene rings is 10. The third-order valence-corrected chi connectivity index (χ3v) is 13.1. The lowest BCUT2D eigenvalue weighted by atomic mass is 9.80. The van der Waals surface area contributed by atoms with E-state index < -0.39 is 0 Å². The van der Waals surface area contributed by atoms with Crippen molar-refractivity contribution in [1.29, 1.82) is 0 Å². The molecule has 11 aromatic rings. The van der Waals surface area contributed by atoms with E-state index in [4.69, 9.17) is 9.97 Å². The molecule has 286 valence electrons. The van der Waals surface area contributed by atoms with Gasteiger partial charge in [-0.1, -0.05) is 202 Å². The summed E-state index contributed by atoms with van der Waals surface area (Å²) in [5, 5.41) is 9.79. The molecule has 0 spiro atoms. The SMILES string of the molecule is CC1(C)c2cccc(-c3ccc(-c4ccc(-c5nc(-c6ccccc6)cc(-c6ccc7ccccc7c6)n5)c5ccccc45)c4ccccc34)c2-c2ccc3ccccc3c21. The molecule has 1 heterocycles. The number of nitrogens with zero attached hydrogens (tertiary/aromatic N) is 2. The second kappa shape index (κ2) is 13.7. The molecule has 0 saturated heterocycles. The topological polar surface area (TPSA) is 25.8 Å². The zero-order valence-corrected chi connectivity index (χ0v) is 34.0. The van der Waals surface area contributed by atoms with Gasteiger partial charge in [0.05, 0.1) is 11.4 Å². The van der Waals surface area contributed by atoms with E-state index in [0.29, 0.717) is 5.82 Å². The van der Waals surface area contributed by atoms with E-state index in [0.717, 1.165) is 33.5 Å². The van der Waals surface area contributed by atoms with Crippen molar-refractivity contribution in [3.05, 3.63) is 217 Å². The highest BCUT2D eigenvalue weighted by Crippen LogP contribution is 2.55. The Morgan fingerprint density at radius 1 is 0.328 bits per heavy atom. The molecular formula is C59H40N2. The molecule has 2 heteroatoms. The molecule has 0 atom stereocenters. The van der Waals surface area contributed by atoms with Crippen LogP contribution in [0.25, 0.3) is 110 Å². The van der Waals surface area contributed by atoms with E-state index in [1.807, 2.05) is 6.07 Å². The summed E-state index contributed by atoms with van der Waals surface area (Å²) in [5.74, 6) is 0.710. The monoisotopic (exact) mass is 776 g/mol. The molecule has 0 aliphatic heterocycles. The quantitative estimate of drug-likeness (QED) is 0.174. The highest BCUT2D eigenvalue weighted by molar-refractivity contribution is 6.13. The second-order valence-corrected chi connectivity index (χ2v) is 16.9. The summed E-state index contributed by atoms with van der Waals surface area (Å²) in [6, 6.07) is 74.8. The minimum absolute atomic E-state index is 0.126. The molecule has 2 nitrogen and oxygen atoms in total. The van der Waals surface area contributed by atoms with E-state index in [1.54, 1.807) is 0 Å². The van der Waals surface area contributed by atoms with Crippen LogP contribution in [0.4, 0.5) is 0 Å². The number of aromatic nitrogens is 2. The van der Waals surface area contributed by atoms with Gasteiger partial charge in [-0.3, -0.25) is 0 Å². The fourth-order valence-electron chi connectivity index (χ4n) is 10.2. The van der Waals surface area contributed by atoms with E-state index in [9.17, 15) is 0 Å². The van der Waals surface area contributed by atoms with E-state index >= 15 is 0 Å². The molecule has 0 radical (unpaired) electrons. The first kappa shape index (κ1) is 35.3. The van der Waals surface area contributed by atoms with Gasteiger partial charge in [-0.15, -0.1) is 0 Å². The Bertz CT molecular complexity index is 3560. The number of fused-ring (bicyclic) bond motifs is 8. The standard InChI is InChI=1S/C59H40N2/c1-59(2)53-26-14-25-50(56(53)52-30-29-38-16-8-9-20-42(38)57(52)59)49-32-31-47(43-21-10-11-22-44(43)49)48-33-34-51(46-24-13-12-23-45(46)48)58-60-54(39-17-4-3-5-18-39)36-55(61-58)41-28-27-37-15-6-7-19-40(37)35-41/h3-36H,1-2H3. The summed E-state index contributed by atoms with van der Waals surface area (Å²) in [4.78, 5) is 10.6. The Morgan fingerprint density at radius 3 is 1.52 bits per heavy atom. The van der Waals surface area contributed by atoms with Crippen molar-refractivity contribution < 1.29 is 0 Å². The summed E-state index contributed by atoms with van der Waals surface area (Å²) in [6.07, 6.45) is 0. The van der Waals surface area contributed by atoms with Crippen molar-refractivity contribution in [1.82, 2.24) is 9.97 Å². The van der Waals surface area contributed by atoms with Crippen LogP contribution in [0.15, 0.2) is 206 Å². The molecule has 12 rings (SSSR count). The summed E-state index contributed by atoms with van der Waals surface area (Å²) in [6.45, 7) is 4.77. The zero-order chi connectivity index (χ0) is 40.7. The Labute approximate surface area is 355 Å². The molecule has 61 heavy (non-hydrogen) atoms. The average molecular weight is 777 g/mol. The van der Waals surface area contributed by atoms with Gasteiger partial charge in [-0.2, -0.15) is 0 Å². The van der Waals surface area contributed by atoms with Crippen LogP contribution in [0.3, 0.4) is 0 Å². The average Bonchev–Trinajstić information content (AvgIpc) is 3.57. The molecule has 0 amide bonds. The molecule has 10 aromatic carbocycles. The van der Waals surface area contributed by atoms with Crippen molar-refractivity contribution in [3.8, 4) is 67.3 Å². The fourth-order valence-corrected chi connectivity index (χ4v) is 10.2. The minimum Gasteiger partial charge on any atom is -0.228 e. The molecule has 1 aromatic heterocycles. The van der Waals surface area contributed by atoms with Crippen LogP contribution in [0, 0.1) is 0 Å². The minimum atomic E-state index is -0.126. The second-order valence-electron chi connectivity index (χ2n) is 16.9. The van der Waals surface area contributed by atoms with Gasteiger partial charge in [-0.25, -0.2) is 9.97 Å². The zero-order valence-electron chi connectivity index (χ0n) is 34.0. The summed E-state index contributed by atoms with van der Waals surface area (Å²) in [7, 11) is 0. The predicted octanol–water partition coefficient (Wildman–Crippen LogP) is 15.7. The van der Waals surface area contributed by atoms with Gasteiger partial charge < -0.3 is 0 Å². The highest BCUT2D eigenvalue weighted by atomic mass is 14.9. The lowest BCUT2D eigenvalue weighted by Gasteiger charge is -2.23. The van der Waals surface area contributed by atoms with Crippen molar-refractivity contribution >= 4 is 43.1 Å². The molecule has 0 saturated carbocycles. The maximum Gasteiger partial charge on any atom is 0.161 e. The molecule has 0 fully saturated rings. The van der Waals surface area contributed by atoms with Crippen LogP contribution < -0.4 is 0 Å². The maximum atomic E-state index is 5.31. The van der Waals surface area contributed by atoms with Gasteiger partial charge in [0.15, 0.2) is 5.82 Å². The molecule has 1 aliphatic rings. The van der Waals surface area contributed by atoms with Crippen molar-refractivity contribution in [2.24, 2.45) is 0 Å². The summed E-state index contributed by atoms with van der Waals surface area (Å²) < 4.78 is 0. The number of hydrogen-bond donors (Lipinski definition) is 0. The van der Waals surface area contributed by atoms with Crippen LogP contribution in [0.1, 0.15) is 25.0 Å². The summed E-state index contributed by atoms with van der Waals surface area (Å²) in [5.41, 5.74) is 15.2. The van der Waals surface area contributed by atoms with Crippen LogP contribution >= 0.6 is 0 Å². The largest absolute Gasteiger partial charge is 0.228 e. The molecular weight excluding hydrogens is 737 g/mol. The van der Waals surface area contributed by atoms with E-state index in [1.165, 1.54) is 82.2 Å². The number of hydrogen-bond acceptors (Lipinski definition) is 2. The van der Waals surface area contributed by atoms with Crippen molar-refractivity contribution in [2.45, 2.75) is 19.3 Å². The lowest BCUT2D eigenvalue weighted by Crippen LogP contribution is -2.15. The fraction of sp³-hybridized carbons (Fsp3) is 0.0508. The Balaban J connectivity index is 1.03. The van der Waals surface area contributed by atoms with E-state index in [-0.39, 0.29) is 5.41 Å². The Kier molecular flexibility index (Phi) is 7.92. The Morgan fingerprint density at radius 2 is 0.836 bits per heavy atom. The van der Waals surface area contributed by atoms with Crippen LogP contribution in [0.5, 0.6) is 0 Å². The third-order valence-electron chi connectivity index (χ3n) is 13.1. The smallest absolute Gasteiger partial charge is 0.161 e. The lowest BCUT2D eigenvalue weighted by molar-refractivity contribution is 0.666. The first-order valence-electron chi connectivity index (χ1n) is 21.2. The molecule has 0 bridgehead atoms. The van der Waals surface area contributed by atoms with Crippen LogP contribution in [0.2, 0.25) is 0 Å². The van der Waals surface area contributed by atoms with Crippen LogP contribution in [-0.4, -0.2) is 9.97 Å². The normalized spacial score (nSPS) is 12.9. The van der Waals surface area contributed by atoms with Crippen molar-refractivity contribution in [3.63, 3.8) is 0 Å². The summed E-state index contributed by atoms with van der Waals surface area (Å²) >= 11 is 0. The number of rotatable bonds is 5. The van der Waals surface area contributed by atoms with Gasteiger partial charge in [0.25, 0.3) is 0 Å². The molecule has 0 N–H and O–H groups in total. The van der Waals surface area contributed by atoms with Crippen LogP contribution in [-0.2, 0) is 5.41 Å². The first-order valence-corrected chi connectivity index (χ1v) is 21.2. The highest BCUT2D eigenvalue weighted by Gasteiger charge is 2.38. The third kappa shape index (κ3) is 5.56. The van der Waals surface area contributed by atoms with E-state index in [2.05, 4.69) is 214 Å². The van der Waals surface area contributed by atoms with Crippen molar-refractivity contribution in [2.75, 3.05) is 0 Å². The van der Waals surface area contributed by atoms with Gasteiger partial charge in [-0.05, 0) is 106 Å². The van der Waals surface area contributed by atoms with Gasteiger partial charge >= 0.3 is 0 Å². The molecule has 1 aliphatic carbocycles. The predicted molar refractivity (Wildman–Crippen MR) is 257 cm³/mol. The maximum absolute atomic E-state index is 5.31. The Hall–Kier alpha value is -7.68. The van der Waals surface area contributed by atoms with Gasteiger partial charge in [0.2, 0.25) is 0 Å². The molecule has 0 unspecified atom stereocenters. The van der Waals surface area contributed by atoms with Gasteiger partial charge in [0, 0.05) is 22.1 Å².